The predicted molar refractivity (Wildman–Crippen MR) is 139 cm³/mol. The Morgan fingerprint density at radius 1 is 1.05 bits per heavy atom. The first-order valence-corrected chi connectivity index (χ1v) is 11.8. The number of aliphatic hydroxyl groups is 1. The van der Waals surface area contributed by atoms with Crippen LogP contribution in [0.25, 0.3) is 22.4 Å². The Bertz CT molecular complexity index is 1270. The first-order valence-electron chi connectivity index (χ1n) is 10.6. The number of hydrogen-bond acceptors (Lipinski definition) is 9. The first-order chi connectivity index (χ1) is 17.6. The van der Waals surface area contributed by atoms with E-state index in [1.165, 1.54) is 19.5 Å². The van der Waals surface area contributed by atoms with Crippen molar-refractivity contribution >= 4 is 58.5 Å². The smallest absolute Gasteiger partial charge is 0.412 e. The van der Waals surface area contributed by atoms with Crippen LogP contribution in [0.3, 0.4) is 0 Å². The molecule has 0 fully saturated rings. The number of aliphatic hydroxyl groups excluding tert-OH is 1. The number of amides is 2. The van der Waals surface area contributed by atoms with Crippen LogP contribution in [0.4, 0.5) is 21.1 Å². The van der Waals surface area contributed by atoms with Gasteiger partial charge in [0.05, 0.1) is 31.3 Å². The number of ether oxygens (including phenoxy) is 3. The molecule has 3 aromatic heterocycles. The van der Waals surface area contributed by atoms with Crippen molar-refractivity contribution in [1.29, 1.82) is 0 Å². The van der Waals surface area contributed by atoms with Gasteiger partial charge in [0.15, 0.2) is 0 Å². The lowest BCUT2D eigenvalue weighted by Crippen LogP contribution is -2.21. The largest absolute Gasteiger partial charge is 0.475 e. The van der Waals surface area contributed by atoms with Crippen molar-refractivity contribution in [3.8, 4) is 28.3 Å². The Balaban J connectivity index is 1.97. The van der Waals surface area contributed by atoms with Gasteiger partial charge in [-0.25, -0.2) is 19.6 Å². The molecule has 37 heavy (non-hydrogen) atoms. The van der Waals surface area contributed by atoms with E-state index in [1.54, 1.807) is 37.3 Å². The topological polar surface area (TPSA) is 145 Å². The Labute approximate surface area is 227 Å². The maximum absolute atomic E-state index is 12.1. The van der Waals surface area contributed by atoms with E-state index in [0.717, 1.165) is 0 Å². The molecule has 0 aromatic carbocycles. The fourth-order valence-corrected chi connectivity index (χ4v) is 3.21. The van der Waals surface area contributed by atoms with E-state index in [-0.39, 0.29) is 24.9 Å². The molecular weight excluding hydrogens is 549 g/mol. The van der Waals surface area contributed by atoms with Crippen LogP contribution in [0.2, 0.25) is 0 Å². The number of nitrogens with zero attached hydrogens (tertiary/aromatic N) is 3. The first kappa shape index (κ1) is 28.2. The fourth-order valence-electron chi connectivity index (χ4n) is 3.04. The van der Waals surface area contributed by atoms with E-state index in [9.17, 15) is 14.7 Å². The average Bonchev–Trinajstić information content (AvgIpc) is 2.87. The minimum Gasteiger partial charge on any atom is -0.475 e. The van der Waals surface area contributed by atoms with Gasteiger partial charge in [-0.05, 0) is 36.8 Å². The molecule has 0 aliphatic rings. The van der Waals surface area contributed by atoms with Crippen LogP contribution < -0.4 is 15.4 Å². The fraction of sp³-hybridized carbons (Fsp3) is 0.261. The minimum atomic E-state index is -1.74. The van der Waals surface area contributed by atoms with Crippen molar-refractivity contribution in [3.63, 3.8) is 0 Å². The highest BCUT2D eigenvalue weighted by atomic mass is 35.6. The maximum Gasteiger partial charge on any atom is 0.412 e. The van der Waals surface area contributed by atoms with Crippen molar-refractivity contribution in [2.24, 2.45) is 0 Å². The molecule has 0 bridgehead atoms. The van der Waals surface area contributed by atoms with Crippen LogP contribution in [0.5, 0.6) is 5.88 Å². The molecule has 0 radical (unpaired) electrons. The van der Waals surface area contributed by atoms with Crippen LogP contribution in [-0.2, 0) is 9.47 Å². The van der Waals surface area contributed by atoms with Crippen molar-refractivity contribution in [3.05, 3.63) is 48.4 Å². The molecule has 3 aromatic rings. The van der Waals surface area contributed by atoms with E-state index in [0.29, 0.717) is 33.8 Å². The van der Waals surface area contributed by atoms with Gasteiger partial charge in [0.25, 0.3) is 0 Å². The normalized spacial score (nSPS) is 11.0. The van der Waals surface area contributed by atoms with Gasteiger partial charge in [0.1, 0.15) is 19.0 Å². The molecule has 0 unspecified atom stereocenters. The number of rotatable bonds is 8. The molecule has 0 saturated carbocycles. The Kier molecular flexibility index (Phi) is 9.70. The Morgan fingerprint density at radius 2 is 1.84 bits per heavy atom. The second-order valence-corrected chi connectivity index (χ2v) is 9.89. The number of aryl methyl sites for hydroxylation is 1. The predicted octanol–water partition coefficient (Wildman–Crippen LogP) is 4.98. The molecule has 2 amide bonds. The van der Waals surface area contributed by atoms with E-state index in [1.807, 2.05) is 0 Å². The highest BCUT2D eigenvalue weighted by molar-refractivity contribution is 6.67. The lowest BCUT2D eigenvalue weighted by Gasteiger charge is -2.14. The highest BCUT2D eigenvalue weighted by Gasteiger charge is 2.22. The second kappa shape index (κ2) is 12.7. The summed E-state index contributed by atoms with van der Waals surface area (Å²) in [5.41, 5.74) is 3.39. The molecule has 3 heterocycles. The van der Waals surface area contributed by atoms with E-state index in [4.69, 9.17) is 44.3 Å². The third kappa shape index (κ3) is 8.60. The van der Waals surface area contributed by atoms with Crippen molar-refractivity contribution in [1.82, 2.24) is 15.0 Å². The van der Waals surface area contributed by atoms with Crippen LogP contribution >= 0.6 is 34.8 Å². The summed E-state index contributed by atoms with van der Waals surface area (Å²) >= 11 is 16.8. The monoisotopic (exact) mass is 569 g/mol. The number of anilines is 2. The number of nitrogens with one attached hydrogen (secondary N) is 2. The lowest BCUT2D eigenvalue weighted by atomic mass is 10.0. The van der Waals surface area contributed by atoms with E-state index >= 15 is 0 Å². The molecular formula is C23H22Cl3N5O6. The van der Waals surface area contributed by atoms with Crippen LogP contribution in [0.15, 0.2) is 42.7 Å². The van der Waals surface area contributed by atoms with Crippen molar-refractivity contribution in [2.75, 3.05) is 37.6 Å². The van der Waals surface area contributed by atoms with Crippen molar-refractivity contribution < 1.29 is 28.9 Å². The standard InChI is InChI=1S/C23H22Cl3N5O6/c1-13-17(10-16(11-28-13)29-22(34)37-12-23(24,25)26)15-7-18(30-20(9-15)36-6-5-32)14-3-4-27-19(8-14)31-21(33)35-2/h3-4,7-11,32H,5-6,12H2,1-2H3,(H,29,34)(H,27,31,33). The van der Waals surface area contributed by atoms with Crippen LogP contribution in [-0.4, -0.2) is 63.0 Å². The van der Waals surface area contributed by atoms with Crippen molar-refractivity contribution in [2.45, 2.75) is 10.7 Å². The zero-order valence-electron chi connectivity index (χ0n) is 19.6. The summed E-state index contributed by atoms with van der Waals surface area (Å²) in [6.07, 6.45) is 1.46. The molecule has 196 valence electrons. The lowest BCUT2D eigenvalue weighted by molar-refractivity contribution is 0.164. The van der Waals surface area contributed by atoms with Gasteiger partial charge in [0, 0.05) is 29.1 Å². The number of alkyl halides is 3. The number of carbonyl (C=O) groups excluding carboxylic acids is 2. The van der Waals surface area contributed by atoms with E-state index in [2.05, 4.69) is 30.3 Å². The minimum absolute atomic E-state index is 0.0231. The van der Waals surface area contributed by atoms with Gasteiger partial charge < -0.3 is 19.3 Å². The molecule has 3 N–H and O–H groups in total. The zero-order valence-corrected chi connectivity index (χ0v) is 21.9. The third-order valence-corrected chi connectivity index (χ3v) is 4.95. The molecule has 0 aliphatic heterocycles. The molecule has 0 aliphatic carbocycles. The van der Waals surface area contributed by atoms with Crippen LogP contribution in [0, 0.1) is 6.92 Å². The Hall–Kier alpha value is -3.38. The average molecular weight is 571 g/mol. The molecule has 3 rings (SSSR count). The summed E-state index contributed by atoms with van der Waals surface area (Å²) in [4.78, 5) is 36.6. The highest BCUT2D eigenvalue weighted by Crippen LogP contribution is 2.32. The SMILES string of the molecule is COC(=O)Nc1cc(-c2cc(-c3cc(NC(=O)OCC(Cl)(Cl)Cl)cnc3C)cc(OCCO)n2)ccn1. The van der Waals surface area contributed by atoms with Gasteiger partial charge in [-0.15, -0.1) is 0 Å². The summed E-state index contributed by atoms with van der Waals surface area (Å²) < 4.78 is 13.3. The summed E-state index contributed by atoms with van der Waals surface area (Å²) in [6, 6.07) is 8.45. The third-order valence-electron chi connectivity index (χ3n) is 4.63. The zero-order chi connectivity index (χ0) is 27.0. The van der Waals surface area contributed by atoms with Gasteiger partial charge in [-0.1, -0.05) is 34.8 Å². The summed E-state index contributed by atoms with van der Waals surface area (Å²) in [7, 11) is 1.24. The number of methoxy groups -OCH3 is 1. The molecule has 0 saturated heterocycles. The molecule has 14 heteroatoms. The quantitative estimate of drug-likeness (QED) is 0.319. The van der Waals surface area contributed by atoms with Gasteiger partial charge in [-0.3, -0.25) is 15.6 Å². The van der Waals surface area contributed by atoms with E-state index < -0.39 is 22.6 Å². The molecule has 0 spiro atoms. The van der Waals surface area contributed by atoms with Gasteiger partial charge in [0.2, 0.25) is 9.67 Å². The van der Waals surface area contributed by atoms with Crippen LogP contribution in [0.1, 0.15) is 5.69 Å². The summed E-state index contributed by atoms with van der Waals surface area (Å²) in [6.45, 7) is 1.17. The molecule has 0 atom stereocenters. The number of hydrogen-bond donors (Lipinski definition) is 3. The number of aromatic nitrogens is 3. The van der Waals surface area contributed by atoms with Gasteiger partial charge in [-0.2, -0.15) is 0 Å². The van der Waals surface area contributed by atoms with Gasteiger partial charge >= 0.3 is 12.2 Å². The number of pyridine rings is 3. The second-order valence-electron chi connectivity index (χ2n) is 7.37. The number of halogens is 3. The summed E-state index contributed by atoms with van der Waals surface area (Å²) in [5, 5.41) is 14.2. The number of carbonyl (C=O) groups is 2. The molecule has 11 nitrogen and oxygen atoms in total. The summed E-state index contributed by atoms with van der Waals surface area (Å²) in [5.74, 6) is 0.493. The Morgan fingerprint density at radius 3 is 2.54 bits per heavy atom. The maximum atomic E-state index is 12.1.